The molecular weight excluding hydrogens is 645 g/mol. The van der Waals surface area contributed by atoms with Gasteiger partial charge in [-0.3, -0.25) is 4.79 Å². The molecule has 4 bridgehead atoms. The van der Waals surface area contributed by atoms with Crippen molar-refractivity contribution in [1.29, 1.82) is 0 Å². The standard InChI is InChI=1S/C38H42FN3O6S/c1-24(36(43)44)16-25-8-6-10-27(17-25)38(4)22-47-21-37(2,3)23-49(45,46)15-13-30-29-12-14-40-32(29)19-31(39)34(30)48-28-11-7-9-26(18-28)35-41-33(38)20-42(35)5/h6-12,14,17-20,24,40H,13,15-16,21-23H2,1-5H3,(H,43,44). The molecule has 0 amide bonds. The van der Waals surface area contributed by atoms with Crippen molar-refractivity contribution in [2.45, 2.75) is 46.0 Å². The molecule has 2 atom stereocenters. The van der Waals surface area contributed by atoms with Crippen LogP contribution in [0.1, 0.15) is 50.1 Å². The lowest BCUT2D eigenvalue weighted by molar-refractivity contribution is -0.141. The van der Waals surface area contributed by atoms with Crippen LogP contribution in [0, 0.1) is 17.2 Å². The predicted molar refractivity (Wildman–Crippen MR) is 187 cm³/mol. The summed E-state index contributed by atoms with van der Waals surface area (Å²) in [4.78, 5) is 19.8. The third-order valence-corrected chi connectivity index (χ3v) is 11.4. The maximum atomic E-state index is 15.7. The van der Waals surface area contributed by atoms with E-state index in [-0.39, 0.29) is 36.9 Å². The number of aromatic nitrogens is 3. The number of imidazole rings is 1. The highest BCUT2D eigenvalue weighted by atomic mass is 32.2. The highest BCUT2D eigenvalue weighted by molar-refractivity contribution is 7.91. The molecule has 258 valence electrons. The molecule has 0 saturated carbocycles. The summed E-state index contributed by atoms with van der Waals surface area (Å²) < 4.78 is 57.4. The number of benzene rings is 3. The van der Waals surface area contributed by atoms with Crippen LogP contribution < -0.4 is 4.74 Å². The number of hydrogen-bond acceptors (Lipinski definition) is 6. The van der Waals surface area contributed by atoms with Gasteiger partial charge in [-0.25, -0.2) is 17.8 Å². The molecule has 2 unspecified atom stereocenters. The average Bonchev–Trinajstić information content (AvgIpc) is 3.66. The second-order valence-electron chi connectivity index (χ2n) is 14.3. The van der Waals surface area contributed by atoms with Crippen molar-refractivity contribution in [3.63, 3.8) is 0 Å². The van der Waals surface area contributed by atoms with Gasteiger partial charge in [-0.2, -0.15) is 0 Å². The van der Waals surface area contributed by atoms with E-state index in [1.807, 2.05) is 75.0 Å². The normalized spacial score (nSPS) is 20.0. The Hall–Kier alpha value is -4.48. The number of carboxylic acid groups (broad SMARTS) is 1. The number of aliphatic carboxylic acids is 1. The molecule has 2 N–H and O–H groups in total. The zero-order valence-electron chi connectivity index (χ0n) is 28.4. The minimum Gasteiger partial charge on any atom is -0.481 e. The van der Waals surface area contributed by atoms with Gasteiger partial charge in [0.2, 0.25) is 0 Å². The Morgan fingerprint density at radius 1 is 1.10 bits per heavy atom. The Morgan fingerprint density at radius 2 is 1.88 bits per heavy atom. The fraction of sp³-hybridized carbons (Fsp3) is 0.368. The van der Waals surface area contributed by atoms with E-state index in [4.69, 9.17) is 14.5 Å². The third kappa shape index (κ3) is 7.28. The number of aryl methyl sites for hydroxylation is 2. The van der Waals surface area contributed by atoms with Gasteiger partial charge in [0.15, 0.2) is 21.4 Å². The van der Waals surface area contributed by atoms with Crippen molar-refractivity contribution in [1.82, 2.24) is 14.5 Å². The van der Waals surface area contributed by atoms with Crippen molar-refractivity contribution in [3.8, 4) is 22.9 Å². The van der Waals surface area contributed by atoms with Crippen LogP contribution in [-0.2, 0) is 44.7 Å². The number of aromatic amines is 1. The number of nitrogens with one attached hydrogen (secondary N) is 1. The monoisotopic (exact) mass is 687 g/mol. The van der Waals surface area contributed by atoms with Gasteiger partial charge in [-0.05, 0) is 49.1 Å². The molecule has 9 nitrogen and oxygen atoms in total. The van der Waals surface area contributed by atoms with Gasteiger partial charge in [-0.1, -0.05) is 57.2 Å². The van der Waals surface area contributed by atoms with Crippen LogP contribution in [0.25, 0.3) is 22.3 Å². The van der Waals surface area contributed by atoms with Gasteiger partial charge >= 0.3 is 5.97 Å². The van der Waals surface area contributed by atoms with Crippen LogP contribution in [0.3, 0.4) is 0 Å². The van der Waals surface area contributed by atoms with E-state index in [2.05, 4.69) is 4.98 Å². The number of rotatable bonds is 4. The highest BCUT2D eigenvalue weighted by Crippen LogP contribution is 2.38. The van der Waals surface area contributed by atoms with Crippen LogP contribution in [0.5, 0.6) is 11.5 Å². The highest BCUT2D eigenvalue weighted by Gasteiger charge is 2.35. The number of H-pyrrole nitrogens is 1. The number of sulfone groups is 1. The molecular formula is C38H42FN3O6S. The smallest absolute Gasteiger partial charge is 0.306 e. The van der Waals surface area contributed by atoms with Crippen molar-refractivity contribution >= 4 is 26.7 Å². The van der Waals surface area contributed by atoms with Crippen molar-refractivity contribution < 1.29 is 32.2 Å². The summed E-state index contributed by atoms with van der Waals surface area (Å²) in [7, 11) is -1.70. The molecule has 11 heteroatoms. The minimum absolute atomic E-state index is 0.00615. The van der Waals surface area contributed by atoms with Gasteiger partial charge in [0.1, 0.15) is 11.6 Å². The van der Waals surface area contributed by atoms with E-state index >= 15 is 4.39 Å². The van der Waals surface area contributed by atoms with E-state index in [1.54, 1.807) is 31.3 Å². The number of hydrogen-bond donors (Lipinski definition) is 2. The number of carbonyl (C=O) groups is 1. The fourth-order valence-electron chi connectivity index (χ4n) is 6.68. The lowest BCUT2D eigenvalue weighted by Gasteiger charge is -2.31. The fourth-order valence-corrected chi connectivity index (χ4v) is 8.62. The van der Waals surface area contributed by atoms with Gasteiger partial charge in [0.05, 0.1) is 41.7 Å². The maximum absolute atomic E-state index is 15.7. The first-order chi connectivity index (χ1) is 23.1. The Morgan fingerprint density at radius 3 is 2.65 bits per heavy atom. The molecule has 3 heterocycles. The molecule has 49 heavy (non-hydrogen) atoms. The van der Waals surface area contributed by atoms with Crippen molar-refractivity contribution in [3.05, 3.63) is 101 Å². The summed E-state index contributed by atoms with van der Waals surface area (Å²) in [5.74, 6) is -1.29. The molecule has 3 aromatic carbocycles. The van der Waals surface area contributed by atoms with Crippen molar-refractivity contribution in [2.75, 3.05) is 24.7 Å². The molecule has 1 aliphatic rings. The second kappa shape index (κ2) is 13.1. The SMILES string of the molecule is CC(Cc1cccc(C2(C)COCC(C)(C)CS(=O)(=O)CCc3c(c(F)cc4[nH]ccc34)Oc3cccc(c3)-c3nc2cn3C)c1)C(=O)O. The molecule has 0 spiro atoms. The average molecular weight is 688 g/mol. The summed E-state index contributed by atoms with van der Waals surface area (Å²) in [6.45, 7) is 7.80. The zero-order valence-corrected chi connectivity index (χ0v) is 29.2. The predicted octanol–water partition coefficient (Wildman–Crippen LogP) is 7.08. The number of ether oxygens (including phenoxy) is 2. The number of carboxylic acids is 1. The van der Waals surface area contributed by atoms with Crippen LogP contribution in [0.2, 0.25) is 0 Å². The van der Waals surface area contributed by atoms with Gasteiger partial charge in [0, 0.05) is 53.0 Å². The first kappa shape index (κ1) is 34.4. The minimum atomic E-state index is -3.61. The maximum Gasteiger partial charge on any atom is 0.306 e. The Bertz CT molecular complexity index is 2140. The molecule has 1 aliphatic heterocycles. The number of halogens is 1. The van der Waals surface area contributed by atoms with E-state index in [0.29, 0.717) is 34.5 Å². The molecule has 0 fully saturated rings. The largest absolute Gasteiger partial charge is 0.481 e. The molecule has 2 aromatic heterocycles. The van der Waals surface area contributed by atoms with E-state index in [9.17, 15) is 18.3 Å². The van der Waals surface area contributed by atoms with E-state index < -0.39 is 38.4 Å². The van der Waals surface area contributed by atoms with E-state index in [0.717, 1.165) is 22.4 Å². The number of nitrogens with zero attached hydrogens (tertiary/aromatic N) is 2. The van der Waals surface area contributed by atoms with Crippen LogP contribution in [0.15, 0.2) is 73.1 Å². The molecule has 0 radical (unpaired) electrons. The Labute approximate surface area is 286 Å². The molecule has 6 rings (SSSR count). The third-order valence-electron chi connectivity index (χ3n) is 9.30. The summed E-state index contributed by atoms with van der Waals surface area (Å²) in [5, 5.41) is 10.2. The summed E-state index contributed by atoms with van der Waals surface area (Å²) in [6, 6.07) is 18.2. The van der Waals surface area contributed by atoms with Crippen molar-refractivity contribution in [2.24, 2.45) is 18.4 Å². The van der Waals surface area contributed by atoms with Gasteiger partial charge in [-0.15, -0.1) is 0 Å². The Balaban J connectivity index is 1.47. The quantitative estimate of drug-likeness (QED) is 0.207. The lowest BCUT2D eigenvalue weighted by atomic mass is 9.79. The van der Waals surface area contributed by atoms with Gasteiger partial charge in [0.25, 0.3) is 0 Å². The first-order valence-electron chi connectivity index (χ1n) is 16.4. The number of fused-ring (bicyclic) bond motifs is 8. The lowest BCUT2D eigenvalue weighted by Crippen LogP contribution is -2.35. The zero-order chi connectivity index (χ0) is 35.1. The van der Waals surface area contributed by atoms with E-state index in [1.165, 1.54) is 6.07 Å². The molecule has 5 aromatic rings. The summed E-state index contributed by atoms with van der Waals surface area (Å²) in [5.41, 5.74) is 2.77. The topological polar surface area (TPSA) is 124 Å². The first-order valence-corrected chi connectivity index (χ1v) is 18.2. The van der Waals surface area contributed by atoms with Crippen LogP contribution >= 0.6 is 0 Å². The molecule has 0 saturated heterocycles. The summed E-state index contributed by atoms with van der Waals surface area (Å²) >= 11 is 0. The van der Waals surface area contributed by atoms with Crippen LogP contribution in [-0.4, -0.2) is 58.7 Å². The molecule has 0 aliphatic carbocycles. The second-order valence-corrected chi connectivity index (χ2v) is 16.5. The summed E-state index contributed by atoms with van der Waals surface area (Å²) in [6.07, 6.45) is 4.08. The van der Waals surface area contributed by atoms with Gasteiger partial charge < -0.3 is 24.1 Å². The van der Waals surface area contributed by atoms with Crippen LogP contribution in [0.4, 0.5) is 4.39 Å². The Kier molecular flexibility index (Phi) is 9.19.